The number of Topliss-reactive ketones (excluding diaryl/α,β-unsaturated/α-hetero) is 1. The highest BCUT2D eigenvalue weighted by Crippen LogP contribution is 2.28. The lowest BCUT2D eigenvalue weighted by Gasteiger charge is -2.21. The molecule has 4 nitrogen and oxygen atoms in total. The van der Waals surface area contributed by atoms with E-state index in [1.807, 2.05) is 0 Å². The lowest BCUT2D eigenvalue weighted by molar-refractivity contribution is -0.124. The Morgan fingerprint density at radius 3 is 2.62 bits per heavy atom. The molecule has 0 radical (unpaired) electrons. The summed E-state index contributed by atoms with van der Waals surface area (Å²) in [5.74, 6) is 0.0431. The Labute approximate surface area is 126 Å². The molecule has 21 heavy (non-hydrogen) atoms. The number of rotatable bonds is 9. The number of benzene rings is 1. The Morgan fingerprint density at radius 2 is 2.05 bits per heavy atom. The fourth-order valence-corrected chi connectivity index (χ4v) is 2.46. The number of methoxy groups -OCH3 is 1. The number of hydrogen-bond donors (Lipinski definition) is 2. The van der Waals surface area contributed by atoms with E-state index in [9.17, 15) is 15.0 Å². The molecule has 1 aromatic rings. The van der Waals surface area contributed by atoms with Gasteiger partial charge in [0.25, 0.3) is 0 Å². The molecule has 2 atom stereocenters. The summed E-state index contributed by atoms with van der Waals surface area (Å²) in [4.78, 5) is 11.8. The van der Waals surface area contributed by atoms with Crippen molar-refractivity contribution in [3.8, 4) is 11.5 Å². The maximum atomic E-state index is 11.8. The molecule has 0 aliphatic carbocycles. The molecular weight excluding hydrogens is 268 g/mol. The quantitative estimate of drug-likeness (QED) is 0.687. The predicted molar refractivity (Wildman–Crippen MR) is 82.7 cm³/mol. The minimum absolute atomic E-state index is 0.00830. The van der Waals surface area contributed by atoms with Crippen molar-refractivity contribution >= 4 is 5.78 Å². The zero-order valence-corrected chi connectivity index (χ0v) is 13.1. The number of carbonyl (C=O) groups excluding carboxylic acids is 1. The van der Waals surface area contributed by atoms with Gasteiger partial charge in [0, 0.05) is 5.92 Å². The Morgan fingerprint density at radius 1 is 1.33 bits per heavy atom. The molecule has 0 heterocycles. The van der Waals surface area contributed by atoms with Gasteiger partial charge in [-0.3, -0.25) is 4.79 Å². The molecule has 0 spiro atoms. The van der Waals surface area contributed by atoms with Crippen LogP contribution in [0, 0.1) is 5.92 Å². The fraction of sp³-hybridized carbons (Fsp3) is 0.588. The van der Waals surface area contributed by atoms with Crippen molar-refractivity contribution in [1.29, 1.82) is 0 Å². The standard InChI is InChI=1S/C17H26O4/c1-4-5-6-7-15(19)14(12(2)18)10-13-8-9-16(20)17(11-13)21-3/h8-9,11,14-15,19-20H,4-7,10H2,1-3H3. The van der Waals surface area contributed by atoms with E-state index < -0.39 is 12.0 Å². The van der Waals surface area contributed by atoms with Gasteiger partial charge in [0.2, 0.25) is 0 Å². The average Bonchev–Trinajstić information content (AvgIpc) is 2.46. The maximum Gasteiger partial charge on any atom is 0.160 e. The van der Waals surface area contributed by atoms with Crippen LogP contribution in [-0.2, 0) is 11.2 Å². The minimum Gasteiger partial charge on any atom is -0.504 e. The van der Waals surface area contributed by atoms with Crippen molar-refractivity contribution < 1.29 is 19.7 Å². The summed E-state index contributed by atoms with van der Waals surface area (Å²) in [7, 11) is 1.49. The highest BCUT2D eigenvalue weighted by atomic mass is 16.5. The van der Waals surface area contributed by atoms with E-state index in [1.165, 1.54) is 14.0 Å². The van der Waals surface area contributed by atoms with Crippen molar-refractivity contribution in [2.45, 2.75) is 52.1 Å². The number of ketones is 1. The normalized spacial score (nSPS) is 13.7. The first-order chi connectivity index (χ1) is 9.99. The van der Waals surface area contributed by atoms with Crippen LogP contribution in [0.5, 0.6) is 11.5 Å². The lowest BCUT2D eigenvalue weighted by Crippen LogP contribution is -2.28. The van der Waals surface area contributed by atoms with Crippen LogP contribution in [0.15, 0.2) is 18.2 Å². The first kappa shape index (κ1) is 17.5. The summed E-state index contributed by atoms with van der Waals surface area (Å²) >= 11 is 0. The topological polar surface area (TPSA) is 66.8 Å². The van der Waals surface area contributed by atoms with E-state index in [-0.39, 0.29) is 11.5 Å². The lowest BCUT2D eigenvalue weighted by atomic mass is 9.88. The van der Waals surface area contributed by atoms with E-state index in [0.717, 1.165) is 24.8 Å². The van der Waals surface area contributed by atoms with E-state index in [4.69, 9.17) is 4.74 Å². The number of aromatic hydroxyl groups is 1. The van der Waals surface area contributed by atoms with Gasteiger partial charge in [-0.15, -0.1) is 0 Å². The van der Waals surface area contributed by atoms with Gasteiger partial charge >= 0.3 is 0 Å². The van der Waals surface area contributed by atoms with Gasteiger partial charge in [-0.1, -0.05) is 32.3 Å². The molecule has 118 valence electrons. The molecular formula is C17H26O4. The van der Waals surface area contributed by atoms with Crippen molar-refractivity contribution in [3.05, 3.63) is 23.8 Å². The van der Waals surface area contributed by atoms with Crippen LogP contribution in [0.3, 0.4) is 0 Å². The monoisotopic (exact) mass is 294 g/mol. The molecule has 4 heteroatoms. The molecule has 0 aromatic heterocycles. The Bertz CT molecular complexity index is 456. The Balaban J connectivity index is 2.76. The summed E-state index contributed by atoms with van der Waals surface area (Å²) < 4.78 is 5.07. The van der Waals surface area contributed by atoms with Gasteiger partial charge in [0.15, 0.2) is 11.5 Å². The number of phenolic OH excluding ortho intramolecular Hbond substituents is 1. The number of carbonyl (C=O) groups is 1. The molecule has 0 saturated heterocycles. The van der Waals surface area contributed by atoms with Crippen molar-refractivity contribution in [3.63, 3.8) is 0 Å². The molecule has 1 aromatic carbocycles. The second-order valence-corrected chi connectivity index (χ2v) is 5.49. The zero-order valence-electron chi connectivity index (χ0n) is 13.1. The van der Waals surface area contributed by atoms with Gasteiger partial charge in [-0.05, 0) is 37.5 Å². The van der Waals surface area contributed by atoms with Crippen LogP contribution in [0.4, 0.5) is 0 Å². The summed E-state index contributed by atoms with van der Waals surface area (Å²) in [6.07, 6.45) is 3.57. The summed E-state index contributed by atoms with van der Waals surface area (Å²) in [5.41, 5.74) is 0.874. The van der Waals surface area contributed by atoms with Crippen LogP contribution in [0.2, 0.25) is 0 Å². The number of hydrogen-bond acceptors (Lipinski definition) is 4. The third kappa shape index (κ3) is 5.38. The first-order valence-electron chi connectivity index (χ1n) is 7.54. The number of ether oxygens (including phenoxy) is 1. The molecule has 1 rings (SSSR count). The molecule has 0 fully saturated rings. The third-order valence-electron chi connectivity index (χ3n) is 3.79. The smallest absolute Gasteiger partial charge is 0.160 e. The second-order valence-electron chi connectivity index (χ2n) is 5.49. The molecule has 0 aliphatic heterocycles. The van der Waals surface area contributed by atoms with Crippen LogP contribution in [0.25, 0.3) is 0 Å². The third-order valence-corrected chi connectivity index (χ3v) is 3.79. The molecule has 0 amide bonds. The summed E-state index contributed by atoms with van der Waals surface area (Å²) in [5, 5.41) is 19.8. The van der Waals surface area contributed by atoms with E-state index in [2.05, 4.69) is 6.92 Å². The number of aliphatic hydroxyl groups excluding tert-OH is 1. The molecule has 0 bridgehead atoms. The summed E-state index contributed by atoms with van der Waals surface area (Å²) in [6.45, 7) is 3.63. The fourth-order valence-electron chi connectivity index (χ4n) is 2.46. The van der Waals surface area contributed by atoms with Crippen molar-refractivity contribution in [1.82, 2.24) is 0 Å². The van der Waals surface area contributed by atoms with Crippen molar-refractivity contribution in [2.24, 2.45) is 5.92 Å². The molecule has 2 N–H and O–H groups in total. The first-order valence-corrected chi connectivity index (χ1v) is 7.54. The second kappa shape index (κ2) is 8.67. The van der Waals surface area contributed by atoms with E-state index >= 15 is 0 Å². The number of unbranched alkanes of at least 4 members (excludes halogenated alkanes) is 2. The van der Waals surface area contributed by atoms with Crippen LogP contribution < -0.4 is 4.74 Å². The molecule has 2 unspecified atom stereocenters. The van der Waals surface area contributed by atoms with Gasteiger partial charge in [0.05, 0.1) is 13.2 Å². The highest BCUT2D eigenvalue weighted by Gasteiger charge is 2.24. The number of phenols is 1. The van der Waals surface area contributed by atoms with E-state index in [1.54, 1.807) is 18.2 Å². The minimum atomic E-state index is -0.617. The van der Waals surface area contributed by atoms with E-state index in [0.29, 0.717) is 18.6 Å². The van der Waals surface area contributed by atoms with Crippen LogP contribution >= 0.6 is 0 Å². The van der Waals surface area contributed by atoms with Crippen LogP contribution in [0.1, 0.15) is 45.1 Å². The van der Waals surface area contributed by atoms with Gasteiger partial charge < -0.3 is 14.9 Å². The molecule has 0 saturated carbocycles. The zero-order chi connectivity index (χ0) is 15.8. The van der Waals surface area contributed by atoms with Crippen LogP contribution in [-0.4, -0.2) is 29.2 Å². The van der Waals surface area contributed by atoms with Gasteiger partial charge in [-0.25, -0.2) is 0 Å². The Hall–Kier alpha value is -1.55. The average molecular weight is 294 g/mol. The van der Waals surface area contributed by atoms with Crippen molar-refractivity contribution in [2.75, 3.05) is 7.11 Å². The summed E-state index contributed by atoms with van der Waals surface area (Å²) in [6, 6.07) is 5.02. The van der Waals surface area contributed by atoms with Gasteiger partial charge in [0.1, 0.15) is 5.78 Å². The SMILES string of the molecule is CCCCCC(O)C(Cc1ccc(O)c(OC)c1)C(C)=O. The maximum absolute atomic E-state index is 11.8. The predicted octanol–water partition coefficient (Wildman–Crippen LogP) is 3.09. The van der Waals surface area contributed by atoms with Gasteiger partial charge in [-0.2, -0.15) is 0 Å². The molecule has 0 aliphatic rings. The number of aliphatic hydroxyl groups is 1. The highest BCUT2D eigenvalue weighted by molar-refractivity contribution is 5.79. The Kier molecular flexibility index (Phi) is 7.23. The largest absolute Gasteiger partial charge is 0.504 e.